The molecule has 0 radical (unpaired) electrons. The molecule has 122 valence electrons. The zero-order valence-corrected chi connectivity index (χ0v) is 14.5. The van der Waals surface area contributed by atoms with E-state index in [9.17, 15) is 4.79 Å². The predicted octanol–water partition coefficient (Wildman–Crippen LogP) is 2.87. The van der Waals surface area contributed by atoms with Crippen LogP contribution in [0, 0.1) is 0 Å². The van der Waals surface area contributed by atoms with Crippen molar-refractivity contribution in [2.75, 3.05) is 19.0 Å². The van der Waals surface area contributed by atoms with Gasteiger partial charge in [0.25, 0.3) is 5.91 Å². The van der Waals surface area contributed by atoms with E-state index < -0.39 is 0 Å². The van der Waals surface area contributed by atoms with Crippen LogP contribution in [0.3, 0.4) is 0 Å². The Labute approximate surface area is 141 Å². The van der Waals surface area contributed by atoms with Crippen molar-refractivity contribution in [3.8, 4) is 0 Å². The number of carbonyl (C=O) groups excluding carboxylic acids is 1. The van der Waals surface area contributed by atoms with Crippen LogP contribution in [-0.2, 0) is 4.79 Å². The summed E-state index contributed by atoms with van der Waals surface area (Å²) in [4.78, 5) is 17.8. The van der Waals surface area contributed by atoms with E-state index >= 15 is 0 Å². The Hall–Kier alpha value is -1.46. The predicted molar refractivity (Wildman–Crippen MR) is 96.2 cm³/mol. The molecule has 1 amide bonds. The smallest absolute Gasteiger partial charge is 0.262 e. The number of hydrogen-bond donors (Lipinski definition) is 1. The molecule has 0 spiro atoms. The number of hydrogen-bond acceptors (Lipinski definition) is 4. The van der Waals surface area contributed by atoms with E-state index in [1.165, 1.54) is 24.9 Å². The van der Waals surface area contributed by atoms with Gasteiger partial charge in [0.2, 0.25) is 0 Å². The average Bonchev–Trinajstić information content (AvgIpc) is 3.05. The molecule has 4 rings (SSSR count). The molecule has 3 unspecified atom stereocenters. The van der Waals surface area contributed by atoms with Gasteiger partial charge in [-0.1, -0.05) is 36.7 Å². The van der Waals surface area contributed by atoms with Gasteiger partial charge in [0.1, 0.15) is 5.50 Å². The van der Waals surface area contributed by atoms with Gasteiger partial charge in [-0.05, 0) is 36.6 Å². The average molecular weight is 329 g/mol. The molecule has 1 saturated carbocycles. The summed E-state index contributed by atoms with van der Waals surface area (Å²) in [5, 5.41) is 3.65. The van der Waals surface area contributed by atoms with Crippen molar-refractivity contribution in [3.63, 3.8) is 0 Å². The third-order valence-corrected chi connectivity index (χ3v) is 6.22. The van der Waals surface area contributed by atoms with Gasteiger partial charge in [-0.25, -0.2) is 0 Å². The molecule has 2 saturated heterocycles. The van der Waals surface area contributed by atoms with Gasteiger partial charge in [-0.15, -0.1) is 0 Å². The van der Waals surface area contributed by atoms with Crippen LogP contribution in [0.1, 0.15) is 31.2 Å². The second-order valence-electron chi connectivity index (χ2n) is 6.80. The van der Waals surface area contributed by atoms with Crippen LogP contribution in [-0.4, -0.2) is 42.5 Å². The minimum Gasteiger partial charge on any atom is -0.378 e. The molecule has 1 aromatic carbocycles. The fourth-order valence-electron chi connectivity index (χ4n) is 3.84. The third-order valence-electron chi connectivity index (χ3n) is 5.09. The fourth-order valence-corrected chi connectivity index (χ4v) is 5.10. The Balaban J connectivity index is 1.54. The van der Waals surface area contributed by atoms with E-state index in [2.05, 4.69) is 39.4 Å². The molecule has 3 atom stereocenters. The first kappa shape index (κ1) is 15.1. The lowest BCUT2D eigenvalue weighted by atomic mass is 9.91. The molecule has 23 heavy (non-hydrogen) atoms. The number of nitrogens with one attached hydrogen (secondary N) is 1. The van der Waals surface area contributed by atoms with E-state index in [1.54, 1.807) is 11.8 Å². The Morgan fingerprint density at radius 3 is 2.70 bits per heavy atom. The molecule has 1 aliphatic carbocycles. The second kappa shape index (κ2) is 5.87. The molecule has 0 aromatic heterocycles. The van der Waals surface area contributed by atoms with Crippen LogP contribution in [0.2, 0.25) is 0 Å². The number of nitrogens with zero attached hydrogens (tertiary/aromatic N) is 2. The lowest BCUT2D eigenvalue weighted by molar-refractivity contribution is -0.127. The van der Waals surface area contributed by atoms with Gasteiger partial charge in [0, 0.05) is 31.9 Å². The maximum Gasteiger partial charge on any atom is 0.262 e. The SMILES string of the molecule is CN(C)c1ccc(C=C2SC3NC4CCCCC4N3C2=O)cc1. The number of benzene rings is 1. The highest BCUT2D eigenvalue weighted by molar-refractivity contribution is 8.05. The number of rotatable bonds is 2. The van der Waals surface area contributed by atoms with Gasteiger partial charge in [0.15, 0.2) is 0 Å². The molecule has 1 aromatic rings. The van der Waals surface area contributed by atoms with Crippen molar-refractivity contribution in [3.05, 3.63) is 34.7 Å². The first-order chi connectivity index (χ1) is 11.1. The van der Waals surface area contributed by atoms with Crippen molar-refractivity contribution < 1.29 is 4.79 Å². The van der Waals surface area contributed by atoms with Gasteiger partial charge >= 0.3 is 0 Å². The monoisotopic (exact) mass is 329 g/mol. The standard InChI is InChI=1S/C18H23N3OS/c1-20(2)13-9-7-12(8-10-13)11-16-17(22)21-15-6-4-3-5-14(15)19-18(21)23-16/h7-11,14-15,18-19H,3-6H2,1-2H3. The fraction of sp³-hybridized carbons (Fsp3) is 0.500. The molecule has 0 bridgehead atoms. The highest BCUT2D eigenvalue weighted by Crippen LogP contribution is 2.43. The number of thioether (sulfide) groups is 1. The molecule has 1 N–H and O–H groups in total. The second-order valence-corrected chi connectivity index (χ2v) is 7.92. The molecular formula is C18H23N3OS. The van der Waals surface area contributed by atoms with Crippen LogP contribution in [0.25, 0.3) is 6.08 Å². The highest BCUT2D eigenvalue weighted by Gasteiger charge is 2.49. The Morgan fingerprint density at radius 2 is 1.96 bits per heavy atom. The lowest BCUT2D eigenvalue weighted by Gasteiger charge is -2.29. The van der Waals surface area contributed by atoms with Crippen LogP contribution >= 0.6 is 11.8 Å². The van der Waals surface area contributed by atoms with Crippen molar-refractivity contribution in [1.82, 2.24) is 10.2 Å². The summed E-state index contributed by atoms with van der Waals surface area (Å²) in [5.74, 6) is 0.207. The number of carbonyl (C=O) groups is 1. The molecular weight excluding hydrogens is 306 g/mol. The van der Waals surface area contributed by atoms with Crippen molar-refractivity contribution in [2.24, 2.45) is 0 Å². The number of amides is 1. The van der Waals surface area contributed by atoms with Crippen LogP contribution in [0.15, 0.2) is 29.2 Å². The molecule has 3 fully saturated rings. The summed E-state index contributed by atoms with van der Waals surface area (Å²) >= 11 is 1.68. The Kier molecular flexibility index (Phi) is 3.85. The normalized spacial score (nSPS) is 31.4. The molecule has 3 aliphatic rings. The van der Waals surface area contributed by atoms with Gasteiger partial charge in [-0.3, -0.25) is 10.1 Å². The highest BCUT2D eigenvalue weighted by atomic mass is 32.2. The lowest BCUT2D eigenvalue weighted by Crippen LogP contribution is -2.40. The van der Waals surface area contributed by atoms with Gasteiger partial charge in [0.05, 0.1) is 4.91 Å². The van der Waals surface area contributed by atoms with Crippen LogP contribution in [0.4, 0.5) is 5.69 Å². The largest absolute Gasteiger partial charge is 0.378 e. The summed E-state index contributed by atoms with van der Waals surface area (Å²) in [6.07, 6.45) is 6.91. The Morgan fingerprint density at radius 1 is 1.22 bits per heavy atom. The molecule has 2 aliphatic heterocycles. The summed E-state index contributed by atoms with van der Waals surface area (Å²) in [7, 11) is 4.06. The van der Waals surface area contributed by atoms with Crippen molar-refractivity contribution in [1.29, 1.82) is 0 Å². The zero-order chi connectivity index (χ0) is 16.0. The minimum absolute atomic E-state index is 0.142. The summed E-state index contributed by atoms with van der Waals surface area (Å²) in [6, 6.07) is 9.24. The maximum absolute atomic E-state index is 12.8. The zero-order valence-electron chi connectivity index (χ0n) is 13.7. The van der Waals surface area contributed by atoms with Crippen LogP contribution < -0.4 is 10.2 Å². The van der Waals surface area contributed by atoms with Crippen molar-refractivity contribution in [2.45, 2.75) is 43.3 Å². The van der Waals surface area contributed by atoms with Crippen LogP contribution in [0.5, 0.6) is 0 Å². The molecule has 4 nitrogen and oxygen atoms in total. The van der Waals surface area contributed by atoms with Crippen molar-refractivity contribution >= 4 is 29.4 Å². The first-order valence-corrected chi connectivity index (χ1v) is 9.26. The topological polar surface area (TPSA) is 35.6 Å². The molecule has 2 heterocycles. The quantitative estimate of drug-likeness (QED) is 0.847. The number of fused-ring (bicyclic) bond motifs is 3. The number of anilines is 1. The van der Waals surface area contributed by atoms with Gasteiger partial charge in [-0.2, -0.15) is 0 Å². The summed E-state index contributed by atoms with van der Waals surface area (Å²) in [6.45, 7) is 0. The third kappa shape index (κ3) is 2.66. The maximum atomic E-state index is 12.8. The van der Waals surface area contributed by atoms with E-state index in [-0.39, 0.29) is 11.4 Å². The van der Waals surface area contributed by atoms with E-state index in [0.717, 1.165) is 16.9 Å². The summed E-state index contributed by atoms with van der Waals surface area (Å²) < 4.78 is 0. The Bertz CT molecular complexity index is 640. The minimum atomic E-state index is 0.142. The van der Waals surface area contributed by atoms with E-state index in [1.807, 2.05) is 20.2 Å². The summed E-state index contributed by atoms with van der Waals surface area (Å²) in [5.41, 5.74) is 2.40. The van der Waals surface area contributed by atoms with Gasteiger partial charge < -0.3 is 9.80 Å². The van der Waals surface area contributed by atoms with E-state index in [4.69, 9.17) is 0 Å². The van der Waals surface area contributed by atoms with E-state index in [0.29, 0.717) is 12.1 Å². The molecule has 5 heteroatoms. The first-order valence-electron chi connectivity index (χ1n) is 8.38.